The third-order valence-electron chi connectivity index (χ3n) is 2.30. The Balaban J connectivity index is 2.26. The van der Waals surface area contributed by atoms with Crippen LogP contribution in [0.15, 0.2) is 5.38 Å². The van der Waals surface area contributed by atoms with E-state index in [1.54, 1.807) is 18.3 Å². The fourth-order valence-electron chi connectivity index (χ4n) is 1.35. The molecule has 1 aromatic heterocycles. The Labute approximate surface area is 109 Å². The number of carboxylic acid groups (broad SMARTS) is 1. The van der Waals surface area contributed by atoms with Crippen LogP contribution in [-0.2, 0) is 11.2 Å². The zero-order valence-corrected chi connectivity index (χ0v) is 11.2. The number of aliphatic carboxylic acids is 1. The molecule has 3 N–H and O–H groups in total. The zero-order valence-electron chi connectivity index (χ0n) is 10.4. The van der Waals surface area contributed by atoms with E-state index in [0.717, 1.165) is 10.7 Å². The molecule has 100 valence electrons. The van der Waals surface area contributed by atoms with E-state index in [2.05, 4.69) is 15.6 Å². The molecule has 0 aliphatic heterocycles. The number of thiazole rings is 1. The third-order valence-corrected chi connectivity index (χ3v) is 3.33. The van der Waals surface area contributed by atoms with Crippen LogP contribution in [0.1, 0.15) is 24.0 Å². The number of aromatic nitrogens is 1. The molecule has 1 atom stereocenters. The van der Waals surface area contributed by atoms with Crippen molar-refractivity contribution in [1.82, 2.24) is 15.6 Å². The molecule has 0 bridgehead atoms. The lowest BCUT2D eigenvalue weighted by molar-refractivity contribution is -0.139. The van der Waals surface area contributed by atoms with E-state index >= 15 is 0 Å². The van der Waals surface area contributed by atoms with Gasteiger partial charge < -0.3 is 15.7 Å². The number of nitrogens with zero attached hydrogens (tertiary/aromatic N) is 1. The summed E-state index contributed by atoms with van der Waals surface area (Å²) in [6.07, 6.45) is 1.00. The van der Waals surface area contributed by atoms with Crippen LogP contribution in [0.4, 0.5) is 4.79 Å². The fraction of sp³-hybridized carbons (Fsp3) is 0.545. The third kappa shape index (κ3) is 4.70. The average molecular weight is 271 g/mol. The number of nitrogens with one attached hydrogen (secondary N) is 2. The van der Waals surface area contributed by atoms with Gasteiger partial charge in [0, 0.05) is 24.0 Å². The summed E-state index contributed by atoms with van der Waals surface area (Å²) in [5.41, 5.74) is 0.969. The number of hydrogen-bond donors (Lipinski definition) is 3. The molecule has 18 heavy (non-hydrogen) atoms. The van der Waals surface area contributed by atoms with Crippen molar-refractivity contribution < 1.29 is 14.7 Å². The molecule has 0 spiro atoms. The van der Waals surface area contributed by atoms with Crippen LogP contribution in [0.2, 0.25) is 0 Å². The van der Waals surface area contributed by atoms with E-state index in [9.17, 15) is 9.59 Å². The largest absolute Gasteiger partial charge is 0.480 e. The maximum Gasteiger partial charge on any atom is 0.326 e. The minimum atomic E-state index is -1.02. The highest BCUT2D eigenvalue weighted by molar-refractivity contribution is 7.09. The van der Waals surface area contributed by atoms with Gasteiger partial charge in [0.15, 0.2) is 0 Å². The molecule has 6 nitrogen and oxygen atoms in total. The van der Waals surface area contributed by atoms with Gasteiger partial charge in [0.05, 0.1) is 5.01 Å². The van der Waals surface area contributed by atoms with E-state index in [1.165, 1.54) is 0 Å². The lowest BCUT2D eigenvalue weighted by Crippen LogP contribution is -2.46. The number of amides is 2. The molecule has 0 radical (unpaired) electrons. The first kappa shape index (κ1) is 14.4. The van der Waals surface area contributed by atoms with E-state index in [0.29, 0.717) is 19.4 Å². The monoisotopic (exact) mass is 271 g/mol. The van der Waals surface area contributed by atoms with Crippen molar-refractivity contribution in [3.05, 3.63) is 16.1 Å². The van der Waals surface area contributed by atoms with Gasteiger partial charge in [-0.1, -0.05) is 6.92 Å². The van der Waals surface area contributed by atoms with Crippen LogP contribution in [0.25, 0.3) is 0 Å². The zero-order chi connectivity index (χ0) is 13.5. The lowest BCUT2D eigenvalue weighted by atomic mass is 10.2. The topological polar surface area (TPSA) is 91.3 Å². The Kier molecular flexibility index (Phi) is 5.57. The SMILES string of the molecule is CCC(NC(=O)NCCc1nc(C)cs1)C(=O)O. The molecule has 0 saturated carbocycles. The Bertz CT molecular complexity index is 419. The van der Waals surface area contributed by atoms with Gasteiger partial charge in [-0.05, 0) is 13.3 Å². The van der Waals surface area contributed by atoms with Gasteiger partial charge in [0.25, 0.3) is 0 Å². The highest BCUT2D eigenvalue weighted by atomic mass is 32.1. The van der Waals surface area contributed by atoms with Gasteiger partial charge in [0.2, 0.25) is 0 Å². The van der Waals surface area contributed by atoms with Gasteiger partial charge in [0.1, 0.15) is 6.04 Å². The van der Waals surface area contributed by atoms with Crippen molar-refractivity contribution in [3.63, 3.8) is 0 Å². The van der Waals surface area contributed by atoms with Gasteiger partial charge in [-0.3, -0.25) is 0 Å². The van der Waals surface area contributed by atoms with Crippen LogP contribution in [0.3, 0.4) is 0 Å². The van der Waals surface area contributed by atoms with E-state index in [4.69, 9.17) is 5.11 Å². The van der Waals surface area contributed by atoms with Crippen LogP contribution in [0, 0.1) is 6.92 Å². The van der Waals surface area contributed by atoms with Crippen molar-refractivity contribution in [2.24, 2.45) is 0 Å². The average Bonchev–Trinajstić information content (AvgIpc) is 2.71. The summed E-state index contributed by atoms with van der Waals surface area (Å²) in [6.45, 7) is 4.06. The Hall–Kier alpha value is -1.63. The molecule has 1 rings (SSSR count). The van der Waals surface area contributed by atoms with E-state index in [-0.39, 0.29) is 0 Å². The summed E-state index contributed by atoms with van der Waals surface area (Å²) in [5, 5.41) is 16.7. The van der Waals surface area contributed by atoms with Crippen molar-refractivity contribution in [3.8, 4) is 0 Å². The van der Waals surface area contributed by atoms with Gasteiger partial charge in [-0.2, -0.15) is 0 Å². The summed E-state index contributed by atoms with van der Waals surface area (Å²) < 4.78 is 0. The molecule has 1 unspecified atom stereocenters. The Morgan fingerprint density at radius 2 is 2.28 bits per heavy atom. The predicted octanol–water partition coefficient (Wildman–Crippen LogP) is 1.16. The Morgan fingerprint density at radius 3 is 2.78 bits per heavy atom. The summed E-state index contributed by atoms with van der Waals surface area (Å²) in [4.78, 5) is 26.4. The first-order valence-corrected chi connectivity index (χ1v) is 6.59. The maximum atomic E-state index is 11.4. The minimum Gasteiger partial charge on any atom is -0.480 e. The molecule has 1 heterocycles. The summed E-state index contributed by atoms with van der Waals surface area (Å²) in [7, 11) is 0. The van der Waals surface area contributed by atoms with Crippen molar-refractivity contribution in [2.45, 2.75) is 32.7 Å². The van der Waals surface area contributed by atoms with Crippen LogP contribution < -0.4 is 10.6 Å². The fourth-order valence-corrected chi connectivity index (χ4v) is 2.12. The number of carbonyl (C=O) groups excluding carboxylic acids is 1. The minimum absolute atomic E-state index is 0.356. The van der Waals surface area contributed by atoms with Crippen LogP contribution >= 0.6 is 11.3 Å². The van der Waals surface area contributed by atoms with Crippen molar-refractivity contribution in [1.29, 1.82) is 0 Å². The number of aryl methyl sites for hydroxylation is 1. The number of hydrogen-bond acceptors (Lipinski definition) is 4. The molecular weight excluding hydrogens is 254 g/mol. The smallest absolute Gasteiger partial charge is 0.326 e. The molecule has 0 saturated heterocycles. The molecule has 0 fully saturated rings. The maximum absolute atomic E-state index is 11.4. The predicted molar refractivity (Wildman–Crippen MR) is 68.8 cm³/mol. The summed E-state index contributed by atoms with van der Waals surface area (Å²) in [6, 6.07) is -1.30. The number of rotatable bonds is 6. The first-order valence-electron chi connectivity index (χ1n) is 5.71. The van der Waals surface area contributed by atoms with Gasteiger partial charge in [-0.25, -0.2) is 14.6 Å². The van der Waals surface area contributed by atoms with E-state index in [1.807, 2.05) is 12.3 Å². The van der Waals surface area contributed by atoms with Gasteiger partial charge in [-0.15, -0.1) is 11.3 Å². The molecule has 0 aliphatic rings. The molecular formula is C11H17N3O3S. The van der Waals surface area contributed by atoms with Crippen LogP contribution in [0.5, 0.6) is 0 Å². The van der Waals surface area contributed by atoms with Crippen LogP contribution in [-0.4, -0.2) is 34.7 Å². The number of carbonyl (C=O) groups is 2. The normalized spacial score (nSPS) is 11.9. The highest BCUT2D eigenvalue weighted by Gasteiger charge is 2.16. The molecule has 7 heteroatoms. The molecule has 1 aromatic rings. The molecule has 0 aromatic carbocycles. The highest BCUT2D eigenvalue weighted by Crippen LogP contribution is 2.08. The summed E-state index contributed by atoms with van der Waals surface area (Å²) >= 11 is 1.55. The standard InChI is InChI=1S/C11H17N3O3S/c1-3-8(10(15)16)14-11(17)12-5-4-9-13-7(2)6-18-9/h6,8H,3-5H2,1-2H3,(H,15,16)(H2,12,14,17). The molecule has 2 amide bonds. The van der Waals surface area contributed by atoms with Gasteiger partial charge >= 0.3 is 12.0 Å². The first-order chi connectivity index (χ1) is 8.52. The summed E-state index contributed by atoms with van der Waals surface area (Å²) in [5.74, 6) is -1.02. The van der Waals surface area contributed by atoms with Crippen molar-refractivity contribution in [2.75, 3.05) is 6.54 Å². The second-order valence-corrected chi connectivity index (χ2v) is 4.77. The van der Waals surface area contributed by atoms with E-state index < -0.39 is 18.0 Å². The lowest BCUT2D eigenvalue weighted by Gasteiger charge is -2.12. The second-order valence-electron chi connectivity index (χ2n) is 3.83. The molecule has 0 aliphatic carbocycles. The number of carboxylic acids is 1. The quantitative estimate of drug-likeness (QED) is 0.724. The number of urea groups is 1. The second kappa shape index (κ2) is 6.95. The Morgan fingerprint density at radius 1 is 1.56 bits per heavy atom. The van der Waals surface area contributed by atoms with Crippen molar-refractivity contribution >= 4 is 23.3 Å².